The molecule has 2 aromatic heterocycles. The smallest absolute Gasteiger partial charge is 0.270 e. The van der Waals surface area contributed by atoms with E-state index in [0.29, 0.717) is 19.3 Å². The molecule has 3 aromatic rings. The predicted octanol–water partition coefficient (Wildman–Crippen LogP) is 2.88. The fourth-order valence-corrected chi connectivity index (χ4v) is 4.00. The van der Waals surface area contributed by atoms with Crippen LogP contribution < -0.4 is 10.3 Å². The topological polar surface area (TPSA) is 111 Å². The molecule has 10 heteroatoms. The Hall–Kier alpha value is -3.27. The summed E-state index contributed by atoms with van der Waals surface area (Å²) in [7, 11) is -2.14. The summed E-state index contributed by atoms with van der Waals surface area (Å²) < 4.78 is 45.9. The Morgan fingerprint density at radius 3 is 2.69 bits per heavy atom. The van der Waals surface area contributed by atoms with Crippen molar-refractivity contribution in [3.8, 4) is 22.8 Å². The van der Waals surface area contributed by atoms with Crippen LogP contribution in [0.5, 0.6) is 11.5 Å². The molecule has 0 saturated carbocycles. The summed E-state index contributed by atoms with van der Waals surface area (Å²) in [5.74, 6) is -0.604. The Balaban J connectivity index is 1.81. The zero-order chi connectivity index (χ0) is 23.3. The number of hydrogen-bond acceptors (Lipinski definition) is 7. The Bertz CT molecular complexity index is 1270. The molecule has 0 saturated heterocycles. The van der Waals surface area contributed by atoms with Gasteiger partial charge in [0.05, 0.1) is 23.5 Å². The molecule has 1 N–H and O–H groups in total. The molecule has 0 aliphatic carbocycles. The summed E-state index contributed by atoms with van der Waals surface area (Å²) >= 11 is 0. The van der Waals surface area contributed by atoms with E-state index in [4.69, 9.17) is 4.74 Å². The maximum Gasteiger partial charge on any atom is 0.270 e. The first kappa shape index (κ1) is 23.4. The lowest BCUT2D eigenvalue weighted by Crippen LogP contribution is -2.20. The second-order valence-corrected chi connectivity index (χ2v) is 9.45. The molecule has 0 spiro atoms. The Morgan fingerprint density at radius 1 is 1.19 bits per heavy atom. The van der Waals surface area contributed by atoms with Crippen LogP contribution in [0, 0.1) is 5.82 Å². The van der Waals surface area contributed by atoms with Crippen LogP contribution >= 0.6 is 0 Å². The summed E-state index contributed by atoms with van der Waals surface area (Å²) in [4.78, 5) is 15.9. The molecule has 2 heterocycles. The summed E-state index contributed by atoms with van der Waals surface area (Å²) in [6.45, 7) is 1.73. The summed E-state index contributed by atoms with van der Waals surface area (Å²) in [5.41, 5.74) is 0.312. The first-order valence-corrected chi connectivity index (χ1v) is 11.7. The standard InChI is InChI=1S/C22H24FN3O5S/c1-3-32(29,30)16-7-8-18(23)17(12-16)22-20(13-21(28)26(2)25-22)31-11-5-4-6-15-9-10-24-14-19(15)27/h7-10,12-14,27H,3-6,11H2,1-2H3. The van der Waals surface area contributed by atoms with E-state index in [1.54, 1.807) is 12.3 Å². The summed E-state index contributed by atoms with van der Waals surface area (Å²) in [6.07, 6.45) is 4.90. The van der Waals surface area contributed by atoms with Crippen LogP contribution in [-0.4, -0.2) is 40.6 Å². The molecule has 1 aromatic carbocycles. The largest absolute Gasteiger partial charge is 0.506 e. The van der Waals surface area contributed by atoms with E-state index in [9.17, 15) is 22.7 Å². The first-order valence-electron chi connectivity index (χ1n) is 10.1. The molecular formula is C22H24FN3O5S. The molecule has 32 heavy (non-hydrogen) atoms. The number of benzene rings is 1. The molecule has 0 fully saturated rings. The van der Waals surface area contributed by atoms with Gasteiger partial charge in [-0.1, -0.05) is 6.92 Å². The van der Waals surface area contributed by atoms with Crippen molar-refractivity contribution in [1.29, 1.82) is 0 Å². The molecule has 0 amide bonds. The van der Waals surface area contributed by atoms with Gasteiger partial charge in [0.1, 0.15) is 17.3 Å². The highest BCUT2D eigenvalue weighted by molar-refractivity contribution is 7.91. The minimum Gasteiger partial charge on any atom is -0.506 e. The third kappa shape index (κ3) is 5.31. The third-order valence-corrected chi connectivity index (χ3v) is 6.71. The Kier molecular flexibility index (Phi) is 7.24. The van der Waals surface area contributed by atoms with E-state index in [2.05, 4.69) is 10.1 Å². The van der Waals surface area contributed by atoms with Gasteiger partial charge in [-0.2, -0.15) is 5.10 Å². The quantitative estimate of drug-likeness (QED) is 0.385. The van der Waals surface area contributed by atoms with Gasteiger partial charge in [-0.25, -0.2) is 17.5 Å². The number of aromatic nitrogens is 3. The number of hydrogen-bond donors (Lipinski definition) is 1. The van der Waals surface area contributed by atoms with E-state index in [1.807, 2.05) is 0 Å². The van der Waals surface area contributed by atoms with Crippen molar-refractivity contribution in [1.82, 2.24) is 14.8 Å². The van der Waals surface area contributed by atoms with Gasteiger partial charge in [-0.05, 0) is 49.1 Å². The fraction of sp³-hybridized carbons (Fsp3) is 0.318. The van der Waals surface area contributed by atoms with Crippen molar-refractivity contribution in [2.24, 2.45) is 7.05 Å². The van der Waals surface area contributed by atoms with Crippen LogP contribution in [0.25, 0.3) is 11.3 Å². The Morgan fingerprint density at radius 2 is 1.97 bits per heavy atom. The van der Waals surface area contributed by atoms with E-state index < -0.39 is 21.2 Å². The van der Waals surface area contributed by atoms with Crippen LogP contribution in [0.1, 0.15) is 25.3 Å². The van der Waals surface area contributed by atoms with Gasteiger partial charge in [-0.3, -0.25) is 9.78 Å². The average molecular weight is 462 g/mol. The average Bonchev–Trinajstić information content (AvgIpc) is 2.77. The molecule has 0 aliphatic rings. The third-order valence-electron chi connectivity index (χ3n) is 4.97. The zero-order valence-electron chi connectivity index (χ0n) is 17.8. The van der Waals surface area contributed by atoms with Crippen molar-refractivity contribution in [3.63, 3.8) is 0 Å². The Labute approximate surface area is 185 Å². The normalized spacial score (nSPS) is 11.5. The number of aromatic hydroxyl groups is 1. The summed E-state index contributed by atoms with van der Waals surface area (Å²) in [5, 5.41) is 13.9. The highest BCUT2D eigenvalue weighted by Gasteiger charge is 2.20. The van der Waals surface area contributed by atoms with Crippen molar-refractivity contribution in [2.75, 3.05) is 12.4 Å². The highest BCUT2D eigenvalue weighted by atomic mass is 32.2. The summed E-state index contributed by atoms with van der Waals surface area (Å²) in [6, 6.07) is 6.42. The number of unbranched alkanes of at least 4 members (excludes halogenated alkanes) is 1. The maximum atomic E-state index is 14.6. The predicted molar refractivity (Wildman–Crippen MR) is 117 cm³/mol. The van der Waals surface area contributed by atoms with Crippen molar-refractivity contribution in [3.05, 3.63) is 64.5 Å². The van der Waals surface area contributed by atoms with Gasteiger partial charge in [0.2, 0.25) is 0 Å². The van der Waals surface area contributed by atoms with Crippen LogP contribution in [0.2, 0.25) is 0 Å². The van der Waals surface area contributed by atoms with E-state index >= 15 is 0 Å². The van der Waals surface area contributed by atoms with Crippen molar-refractivity contribution < 1.29 is 22.7 Å². The number of ether oxygens (including phenoxy) is 1. The van der Waals surface area contributed by atoms with Gasteiger partial charge in [0, 0.05) is 24.9 Å². The van der Waals surface area contributed by atoms with Crippen LogP contribution in [0.15, 0.2) is 52.4 Å². The monoisotopic (exact) mass is 461 g/mol. The lowest BCUT2D eigenvalue weighted by molar-refractivity contribution is 0.304. The first-order chi connectivity index (χ1) is 15.2. The minimum atomic E-state index is -3.56. The molecule has 0 bridgehead atoms. The second kappa shape index (κ2) is 9.90. The van der Waals surface area contributed by atoms with E-state index in [1.165, 1.54) is 38.4 Å². The van der Waals surface area contributed by atoms with Gasteiger partial charge >= 0.3 is 0 Å². The van der Waals surface area contributed by atoms with Crippen LogP contribution in [-0.2, 0) is 23.3 Å². The maximum absolute atomic E-state index is 14.6. The van der Waals surface area contributed by atoms with Crippen LogP contribution in [0.3, 0.4) is 0 Å². The molecule has 0 radical (unpaired) electrons. The second-order valence-electron chi connectivity index (χ2n) is 7.17. The lowest BCUT2D eigenvalue weighted by Gasteiger charge is -2.13. The van der Waals surface area contributed by atoms with E-state index in [0.717, 1.165) is 16.3 Å². The zero-order valence-corrected chi connectivity index (χ0v) is 18.6. The number of nitrogens with zero attached hydrogens (tertiary/aromatic N) is 3. The minimum absolute atomic E-state index is 0.0323. The highest BCUT2D eigenvalue weighted by Crippen LogP contribution is 2.31. The number of sulfone groups is 1. The van der Waals surface area contributed by atoms with Gasteiger partial charge in [0.15, 0.2) is 15.6 Å². The SMILES string of the molecule is CCS(=O)(=O)c1ccc(F)c(-c2nn(C)c(=O)cc2OCCCCc2ccncc2O)c1. The molecule has 170 valence electrons. The number of aryl methyl sites for hydroxylation is 2. The molecule has 0 aliphatic heterocycles. The molecular weight excluding hydrogens is 437 g/mol. The molecule has 0 atom stereocenters. The lowest BCUT2D eigenvalue weighted by atomic mass is 10.1. The van der Waals surface area contributed by atoms with E-state index in [-0.39, 0.29) is 40.0 Å². The van der Waals surface area contributed by atoms with Crippen LogP contribution in [0.4, 0.5) is 4.39 Å². The number of rotatable bonds is 9. The fourth-order valence-electron chi connectivity index (χ4n) is 3.09. The molecule has 8 nitrogen and oxygen atoms in total. The number of pyridine rings is 1. The molecule has 3 rings (SSSR count). The molecule has 0 unspecified atom stereocenters. The van der Waals surface area contributed by atoms with Crippen molar-refractivity contribution >= 4 is 9.84 Å². The van der Waals surface area contributed by atoms with Gasteiger partial charge in [0.25, 0.3) is 5.56 Å². The number of halogens is 1. The van der Waals surface area contributed by atoms with Gasteiger partial charge in [-0.15, -0.1) is 0 Å². The van der Waals surface area contributed by atoms with Gasteiger partial charge < -0.3 is 9.84 Å². The van der Waals surface area contributed by atoms with Crippen molar-refractivity contribution in [2.45, 2.75) is 31.1 Å².